The Morgan fingerprint density at radius 2 is 2.17 bits per heavy atom. The van der Waals surface area contributed by atoms with Crippen molar-refractivity contribution in [2.75, 3.05) is 18.5 Å². The number of aryl methyl sites for hydroxylation is 2. The lowest BCUT2D eigenvalue weighted by atomic mass is 9.92. The molecule has 1 fully saturated rings. The molecule has 100 valence electrons. The van der Waals surface area contributed by atoms with Crippen LogP contribution in [0.2, 0.25) is 0 Å². The Balaban J connectivity index is 2.12. The molecule has 2 heterocycles. The molecule has 0 saturated carbocycles. The Morgan fingerprint density at radius 1 is 1.50 bits per heavy atom. The minimum absolute atomic E-state index is 0.0144. The summed E-state index contributed by atoms with van der Waals surface area (Å²) in [6.45, 7) is 5.20. The van der Waals surface area contributed by atoms with Crippen molar-refractivity contribution in [1.29, 1.82) is 0 Å². The van der Waals surface area contributed by atoms with Gasteiger partial charge in [-0.25, -0.2) is 4.98 Å². The van der Waals surface area contributed by atoms with Crippen LogP contribution in [0.5, 0.6) is 0 Å². The SMILES string of the molecule is Cc1nc(C)c(C(=O)NC2(CBr)CCOCC2)s1. The van der Waals surface area contributed by atoms with Gasteiger partial charge in [0.2, 0.25) is 0 Å². The van der Waals surface area contributed by atoms with Crippen LogP contribution in [-0.4, -0.2) is 35.0 Å². The molecule has 1 aromatic rings. The van der Waals surface area contributed by atoms with Crippen molar-refractivity contribution in [3.63, 3.8) is 0 Å². The van der Waals surface area contributed by atoms with E-state index < -0.39 is 0 Å². The van der Waals surface area contributed by atoms with Crippen molar-refractivity contribution in [1.82, 2.24) is 10.3 Å². The molecule has 0 radical (unpaired) electrons. The second-order valence-electron chi connectivity index (χ2n) is 4.63. The van der Waals surface area contributed by atoms with Crippen molar-refractivity contribution in [2.45, 2.75) is 32.2 Å². The molecule has 1 aliphatic rings. The molecule has 0 bridgehead atoms. The number of nitrogens with one attached hydrogen (secondary N) is 1. The molecule has 0 atom stereocenters. The van der Waals surface area contributed by atoms with Crippen LogP contribution >= 0.6 is 27.3 Å². The Kier molecular flexibility index (Phi) is 4.40. The van der Waals surface area contributed by atoms with Gasteiger partial charge in [-0.05, 0) is 26.7 Å². The first-order valence-corrected chi connectivity index (χ1v) is 7.90. The highest BCUT2D eigenvalue weighted by molar-refractivity contribution is 9.09. The van der Waals surface area contributed by atoms with Gasteiger partial charge in [-0.3, -0.25) is 4.79 Å². The van der Waals surface area contributed by atoms with E-state index in [1.165, 1.54) is 11.3 Å². The predicted octanol–water partition coefficient (Wildman–Crippen LogP) is 2.43. The number of halogens is 1. The van der Waals surface area contributed by atoms with Gasteiger partial charge in [-0.15, -0.1) is 11.3 Å². The Morgan fingerprint density at radius 3 is 2.67 bits per heavy atom. The third-order valence-corrected chi connectivity index (χ3v) is 5.34. The van der Waals surface area contributed by atoms with Crippen LogP contribution in [0.1, 0.15) is 33.2 Å². The van der Waals surface area contributed by atoms with Crippen LogP contribution in [0.15, 0.2) is 0 Å². The van der Waals surface area contributed by atoms with Crippen LogP contribution in [0.4, 0.5) is 0 Å². The number of nitrogens with zero attached hydrogens (tertiary/aromatic N) is 1. The zero-order chi connectivity index (χ0) is 13.2. The molecule has 1 saturated heterocycles. The predicted molar refractivity (Wildman–Crippen MR) is 75.6 cm³/mol. The number of alkyl halides is 1. The summed E-state index contributed by atoms with van der Waals surface area (Å²) in [5.74, 6) is -0.0144. The fraction of sp³-hybridized carbons (Fsp3) is 0.667. The van der Waals surface area contributed by atoms with Crippen LogP contribution in [0.3, 0.4) is 0 Å². The minimum Gasteiger partial charge on any atom is -0.381 e. The number of ether oxygens (including phenoxy) is 1. The van der Waals surface area contributed by atoms with Crippen LogP contribution in [0, 0.1) is 13.8 Å². The van der Waals surface area contributed by atoms with Gasteiger partial charge in [0, 0.05) is 18.5 Å². The summed E-state index contributed by atoms with van der Waals surface area (Å²) >= 11 is 4.96. The second kappa shape index (κ2) is 5.67. The van der Waals surface area contributed by atoms with E-state index in [0.29, 0.717) is 13.2 Å². The number of rotatable bonds is 3. The van der Waals surface area contributed by atoms with E-state index in [1.54, 1.807) is 0 Å². The summed E-state index contributed by atoms with van der Waals surface area (Å²) < 4.78 is 5.36. The molecule has 0 aliphatic carbocycles. The third-order valence-electron chi connectivity index (χ3n) is 3.19. The molecule has 1 amide bonds. The topological polar surface area (TPSA) is 51.2 Å². The second-order valence-corrected chi connectivity index (χ2v) is 6.39. The Hall–Kier alpha value is -0.460. The molecule has 6 heteroatoms. The molecule has 0 aromatic carbocycles. The third kappa shape index (κ3) is 2.92. The first-order valence-electron chi connectivity index (χ1n) is 5.96. The highest BCUT2D eigenvalue weighted by atomic mass is 79.9. The number of thiazole rings is 1. The van der Waals surface area contributed by atoms with Crippen molar-refractivity contribution >= 4 is 33.2 Å². The maximum Gasteiger partial charge on any atom is 0.263 e. The molecule has 4 nitrogen and oxygen atoms in total. The van der Waals surface area contributed by atoms with Gasteiger partial charge in [0.25, 0.3) is 5.91 Å². The molecule has 1 aromatic heterocycles. The minimum atomic E-state index is -0.181. The number of amides is 1. The molecule has 0 spiro atoms. The number of aromatic nitrogens is 1. The van der Waals surface area contributed by atoms with Gasteiger partial charge in [0.1, 0.15) is 4.88 Å². The average Bonchev–Trinajstić information content (AvgIpc) is 2.70. The van der Waals surface area contributed by atoms with Gasteiger partial charge in [-0.2, -0.15) is 0 Å². The Labute approximate surface area is 119 Å². The summed E-state index contributed by atoms with van der Waals surface area (Å²) in [4.78, 5) is 17.3. The van der Waals surface area contributed by atoms with E-state index in [4.69, 9.17) is 4.74 Å². The van der Waals surface area contributed by atoms with E-state index in [1.807, 2.05) is 13.8 Å². The molecular weight excluding hydrogens is 316 g/mol. The highest BCUT2D eigenvalue weighted by Crippen LogP contribution is 2.25. The molecular formula is C12H17BrN2O2S. The van der Waals surface area contributed by atoms with Crippen molar-refractivity contribution in [3.05, 3.63) is 15.6 Å². The van der Waals surface area contributed by atoms with Gasteiger partial charge >= 0.3 is 0 Å². The van der Waals surface area contributed by atoms with Crippen LogP contribution in [-0.2, 0) is 4.74 Å². The van der Waals surface area contributed by atoms with E-state index in [9.17, 15) is 4.79 Å². The zero-order valence-electron chi connectivity index (χ0n) is 10.6. The van der Waals surface area contributed by atoms with E-state index >= 15 is 0 Å². The lowest BCUT2D eigenvalue weighted by Crippen LogP contribution is -2.53. The molecule has 18 heavy (non-hydrogen) atoms. The van der Waals surface area contributed by atoms with E-state index in [2.05, 4.69) is 26.2 Å². The molecule has 2 rings (SSSR count). The molecule has 0 unspecified atom stereocenters. The van der Waals surface area contributed by atoms with Gasteiger partial charge < -0.3 is 10.1 Å². The highest BCUT2D eigenvalue weighted by Gasteiger charge is 2.34. The largest absolute Gasteiger partial charge is 0.381 e. The van der Waals surface area contributed by atoms with E-state index in [0.717, 1.165) is 33.8 Å². The number of hydrogen-bond donors (Lipinski definition) is 1. The lowest BCUT2D eigenvalue weighted by Gasteiger charge is -2.36. The summed E-state index contributed by atoms with van der Waals surface area (Å²) in [7, 11) is 0. The summed E-state index contributed by atoms with van der Waals surface area (Å²) in [6.07, 6.45) is 1.70. The first-order chi connectivity index (χ1) is 8.56. The fourth-order valence-electron chi connectivity index (χ4n) is 2.09. The lowest BCUT2D eigenvalue weighted by molar-refractivity contribution is 0.0443. The maximum absolute atomic E-state index is 12.3. The van der Waals surface area contributed by atoms with Crippen LogP contribution < -0.4 is 5.32 Å². The monoisotopic (exact) mass is 332 g/mol. The number of hydrogen-bond acceptors (Lipinski definition) is 4. The van der Waals surface area contributed by atoms with E-state index in [-0.39, 0.29) is 11.4 Å². The van der Waals surface area contributed by atoms with Gasteiger partial charge in [-0.1, -0.05) is 15.9 Å². The zero-order valence-corrected chi connectivity index (χ0v) is 13.0. The quantitative estimate of drug-likeness (QED) is 0.865. The van der Waals surface area contributed by atoms with Crippen LogP contribution in [0.25, 0.3) is 0 Å². The van der Waals surface area contributed by atoms with Crippen molar-refractivity contribution < 1.29 is 9.53 Å². The summed E-state index contributed by atoms with van der Waals surface area (Å²) in [5, 5.41) is 4.84. The molecule has 1 N–H and O–H groups in total. The van der Waals surface area contributed by atoms with Gasteiger partial charge in [0.15, 0.2) is 0 Å². The summed E-state index contributed by atoms with van der Waals surface area (Å²) in [5.41, 5.74) is 0.631. The number of carbonyl (C=O) groups is 1. The van der Waals surface area contributed by atoms with Crippen molar-refractivity contribution in [2.24, 2.45) is 0 Å². The standard InChI is InChI=1S/C12H17BrN2O2S/c1-8-10(18-9(2)14-8)11(16)15-12(7-13)3-5-17-6-4-12/h3-7H2,1-2H3,(H,15,16). The average molecular weight is 333 g/mol. The fourth-order valence-corrected chi connectivity index (χ4v) is 3.61. The molecule has 1 aliphatic heterocycles. The maximum atomic E-state index is 12.3. The van der Waals surface area contributed by atoms with Gasteiger partial charge in [0.05, 0.1) is 16.2 Å². The van der Waals surface area contributed by atoms with Crippen molar-refractivity contribution in [3.8, 4) is 0 Å². The smallest absolute Gasteiger partial charge is 0.263 e. The Bertz CT molecular complexity index is 441. The summed E-state index contributed by atoms with van der Waals surface area (Å²) in [6, 6.07) is 0. The number of carbonyl (C=O) groups excluding carboxylic acids is 1. The normalized spacial score (nSPS) is 18.6. The first kappa shape index (κ1) is 14.0.